The van der Waals surface area contributed by atoms with Crippen LogP contribution in [-0.2, 0) is 11.3 Å². The SMILES string of the molecule is C[C@@H](CC(=O)NCc1ccco1)n1cccn1. The molecule has 1 N–H and O–H groups in total. The molecule has 5 heteroatoms. The van der Waals surface area contributed by atoms with E-state index >= 15 is 0 Å². The van der Waals surface area contributed by atoms with Gasteiger partial charge in [-0.15, -0.1) is 0 Å². The lowest BCUT2D eigenvalue weighted by Crippen LogP contribution is -2.25. The summed E-state index contributed by atoms with van der Waals surface area (Å²) in [4.78, 5) is 11.6. The summed E-state index contributed by atoms with van der Waals surface area (Å²) in [5.41, 5.74) is 0. The Hall–Kier alpha value is -2.04. The molecule has 2 rings (SSSR count). The molecule has 17 heavy (non-hydrogen) atoms. The van der Waals surface area contributed by atoms with Crippen LogP contribution in [0.5, 0.6) is 0 Å². The second-order valence-corrected chi connectivity index (χ2v) is 3.90. The summed E-state index contributed by atoms with van der Waals surface area (Å²) in [6, 6.07) is 5.53. The van der Waals surface area contributed by atoms with Gasteiger partial charge < -0.3 is 9.73 Å². The van der Waals surface area contributed by atoms with Crippen molar-refractivity contribution in [2.24, 2.45) is 0 Å². The number of furan rings is 1. The minimum Gasteiger partial charge on any atom is -0.467 e. The first-order valence-electron chi connectivity index (χ1n) is 5.54. The minimum atomic E-state index is -0.00981. The molecular formula is C12H15N3O2. The summed E-state index contributed by atoms with van der Waals surface area (Å²) in [5, 5.41) is 6.90. The number of hydrogen-bond donors (Lipinski definition) is 1. The fraction of sp³-hybridized carbons (Fsp3) is 0.333. The van der Waals surface area contributed by atoms with Crippen LogP contribution >= 0.6 is 0 Å². The molecule has 1 atom stereocenters. The molecule has 2 heterocycles. The summed E-state index contributed by atoms with van der Waals surface area (Å²) in [5.74, 6) is 0.745. The van der Waals surface area contributed by atoms with E-state index in [-0.39, 0.29) is 11.9 Å². The van der Waals surface area contributed by atoms with Crippen LogP contribution in [-0.4, -0.2) is 15.7 Å². The van der Waals surface area contributed by atoms with Crippen molar-refractivity contribution in [3.8, 4) is 0 Å². The van der Waals surface area contributed by atoms with Crippen molar-refractivity contribution < 1.29 is 9.21 Å². The number of amides is 1. The fourth-order valence-corrected chi connectivity index (χ4v) is 1.57. The van der Waals surface area contributed by atoms with E-state index < -0.39 is 0 Å². The van der Waals surface area contributed by atoms with Crippen molar-refractivity contribution >= 4 is 5.91 Å². The predicted molar refractivity (Wildman–Crippen MR) is 62.1 cm³/mol. The molecule has 0 aliphatic heterocycles. The second kappa shape index (κ2) is 5.34. The molecule has 90 valence electrons. The number of nitrogens with zero attached hydrogens (tertiary/aromatic N) is 2. The van der Waals surface area contributed by atoms with E-state index in [2.05, 4.69) is 10.4 Å². The largest absolute Gasteiger partial charge is 0.467 e. The molecule has 0 aromatic carbocycles. The van der Waals surface area contributed by atoms with E-state index in [1.54, 1.807) is 23.2 Å². The molecule has 0 aliphatic carbocycles. The Morgan fingerprint density at radius 2 is 2.47 bits per heavy atom. The highest BCUT2D eigenvalue weighted by Gasteiger charge is 2.10. The van der Waals surface area contributed by atoms with Crippen LogP contribution in [0.25, 0.3) is 0 Å². The highest BCUT2D eigenvalue weighted by atomic mass is 16.3. The molecule has 2 aromatic heterocycles. The first-order valence-corrected chi connectivity index (χ1v) is 5.54. The molecule has 0 unspecified atom stereocenters. The van der Waals surface area contributed by atoms with Gasteiger partial charge in [0.2, 0.25) is 5.91 Å². The van der Waals surface area contributed by atoms with Crippen LogP contribution in [0.3, 0.4) is 0 Å². The molecule has 0 spiro atoms. The summed E-state index contributed by atoms with van der Waals surface area (Å²) < 4.78 is 6.90. The van der Waals surface area contributed by atoms with Crippen molar-refractivity contribution in [2.75, 3.05) is 0 Å². The minimum absolute atomic E-state index is 0.00981. The Labute approximate surface area is 99.4 Å². The molecule has 2 aromatic rings. The summed E-state index contributed by atoms with van der Waals surface area (Å²) in [7, 11) is 0. The van der Waals surface area contributed by atoms with Crippen LogP contribution in [0.1, 0.15) is 25.1 Å². The zero-order valence-corrected chi connectivity index (χ0v) is 9.67. The van der Waals surface area contributed by atoms with Gasteiger partial charge in [-0.3, -0.25) is 9.48 Å². The summed E-state index contributed by atoms with van der Waals surface area (Å²) in [6.45, 7) is 2.39. The third kappa shape index (κ3) is 3.21. The average Bonchev–Trinajstić information content (AvgIpc) is 2.99. The van der Waals surface area contributed by atoms with Crippen LogP contribution in [0, 0.1) is 0 Å². The lowest BCUT2D eigenvalue weighted by atomic mass is 10.2. The third-order valence-electron chi connectivity index (χ3n) is 2.50. The lowest BCUT2D eigenvalue weighted by molar-refractivity contribution is -0.122. The molecule has 0 aliphatic rings. The Bertz CT molecular complexity index is 448. The molecule has 0 fully saturated rings. The van der Waals surface area contributed by atoms with Gasteiger partial charge in [0.15, 0.2) is 0 Å². The normalized spacial score (nSPS) is 12.3. The fourth-order valence-electron chi connectivity index (χ4n) is 1.57. The van der Waals surface area contributed by atoms with Crippen LogP contribution < -0.4 is 5.32 Å². The molecule has 1 amide bonds. The summed E-state index contributed by atoms with van der Waals surface area (Å²) in [6.07, 6.45) is 5.55. The smallest absolute Gasteiger partial charge is 0.222 e. The zero-order valence-electron chi connectivity index (χ0n) is 9.67. The first-order chi connectivity index (χ1) is 8.25. The average molecular weight is 233 g/mol. The van der Waals surface area contributed by atoms with Crippen LogP contribution in [0.4, 0.5) is 0 Å². The maximum absolute atomic E-state index is 11.6. The quantitative estimate of drug-likeness (QED) is 0.855. The van der Waals surface area contributed by atoms with E-state index in [1.807, 2.05) is 25.3 Å². The van der Waals surface area contributed by atoms with Gasteiger partial charge >= 0.3 is 0 Å². The first kappa shape index (κ1) is 11.4. The van der Waals surface area contributed by atoms with Gasteiger partial charge in [0.1, 0.15) is 5.76 Å². The molecule has 5 nitrogen and oxygen atoms in total. The molecular weight excluding hydrogens is 218 g/mol. The van der Waals surface area contributed by atoms with Crippen molar-refractivity contribution in [2.45, 2.75) is 25.9 Å². The number of nitrogens with one attached hydrogen (secondary N) is 1. The van der Waals surface area contributed by atoms with Gasteiger partial charge in [-0.2, -0.15) is 5.10 Å². The third-order valence-corrected chi connectivity index (χ3v) is 2.50. The molecule has 0 bridgehead atoms. The van der Waals surface area contributed by atoms with E-state index in [4.69, 9.17) is 4.42 Å². The van der Waals surface area contributed by atoms with Crippen LogP contribution in [0.15, 0.2) is 41.3 Å². The summed E-state index contributed by atoms with van der Waals surface area (Å²) >= 11 is 0. The Morgan fingerprint density at radius 3 is 3.12 bits per heavy atom. The molecule has 0 saturated carbocycles. The lowest BCUT2D eigenvalue weighted by Gasteiger charge is -2.11. The van der Waals surface area contributed by atoms with Gasteiger partial charge in [0, 0.05) is 18.8 Å². The van der Waals surface area contributed by atoms with Gasteiger partial charge in [0.25, 0.3) is 0 Å². The standard InChI is InChI=1S/C12H15N3O2/c1-10(15-6-3-5-14-15)8-12(16)13-9-11-4-2-7-17-11/h2-7,10H,8-9H2,1H3,(H,13,16)/t10-/m0/s1. The topological polar surface area (TPSA) is 60.1 Å². The second-order valence-electron chi connectivity index (χ2n) is 3.90. The predicted octanol–water partition coefficient (Wildman–Crippen LogP) is 1.74. The molecule has 0 radical (unpaired) electrons. The van der Waals surface area contributed by atoms with Crippen molar-refractivity contribution in [3.63, 3.8) is 0 Å². The number of rotatable bonds is 5. The maximum atomic E-state index is 11.6. The highest BCUT2D eigenvalue weighted by molar-refractivity contribution is 5.76. The Kier molecular flexibility index (Phi) is 3.59. The Balaban J connectivity index is 1.77. The van der Waals surface area contributed by atoms with Gasteiger partial charge in [-0.25, -0.2) is 0 Å². The van der Waals surface area contributed by atoms with Crippen molar-refractivity contribution in [1.82, 2.24) is 15.1 Å². The van der Waals surface area contributed by atoms with E-state index in [9.17, 15) is 4.79 Å². The van der Waals surface area contributed by atoms with Crippen LogP contribution in [0.2, 0.25) is 0 Å². The van der Waals surface area contributed by atoms with E-state index in [0.717, 1.165) is 5.76 Å². The number of hydrogen-bond acceptors (Lipinski definition) is 3. The van der Waals surface area contributed by atoms with Crippen molar-refractivity contribution in [1.29, 1.82) is 0 Å². The monoisotopic (exact) mass is 233 g/mol. The highest BCUT2D eigenvalue weighted by Crippen LogP contribution is 2.08. The van der Waals surface area contributed by atoms with Gasteiger partial charge in [-0.05, 0) is 25.1 Å². The number of carbonyl (C=O) groups is 1. The number of carbonyl (C=O) groups excluding carboxylic acids is 1. The van der Waals surface area contributed by atoms with Crippen molar-refractivity contribution in [3.05, 3.63) is 42.6 Å². The van der Waals surface area contributed by atoms with E-state index in [0.29, 0.717) is 13.0 Å². The maximum Gasteiger partial charge on any atom is 0.222 e. The molecule has 0 saturated heterocycles. The van der Waals surface area contributed by atoms with E-state index in [1.165, 1.54) is 0 Å². The zero-order chi connectivity index (χ0) is 12.1. The Morgan fingerprint density at radius 1 is 1.59 bits per heavy atom. The number of aromatic nitrogens is 2. The van der Waals surface area contributed by atoms with Gasteiger partial charge in [-0.1, -0.05) is 0 Å². The van der Waals surface area contributed by atoms with Gasteiger partial charge in [0.05, 0.1) is 18.8 Å².